The molecule has 1 nitrogen and oxygen atoms in total. The van der Waals surface area contributed by atoms with Crippen LogP contribution in [0.2, 0.25) is 0 Å². The van der Waals surface area contributed by atoms with Gasteiger partial charge in [0.1, 0.15) is 0 Å². The molecule has 2 rings (SSSR count). The third kappa shape index (κ3) is 2.12. The summed E-state index contributed by atoms with van der Waals surface area (Å²) in [7, 11) is 0. The van der Waals surface area contributed by atoms with Crippen LogP contribution in [0.4, 0.5) is 0 Å². The zero-order valence-electron chi connectivity index (χ0n) is 8.41. The standard InChI is InChI=1S/C12H17NS/c13-9-11-3-1-2-4-12(11)10-5-7-14-8-6-10/h1-4,10H,5-9,13H2. The van der Waals surface area contributed by atoms with Crippen LogP contribution in [0.3, 0.4) is 0 Å². The van der Waals surface area contributed by atoms with Crippen molar-refractivity contribution in [3.05, 3.63) is 35.4 Å². The normalized spacial score (nSPS) is 18.4. The Kier molecular flexibility index (Phi) is 3.49. The lowest BCUT2D eigenvalue weighted by Gasteiger charge is -2.23. The van der Waals surface area contributed by atoms with Crippen molar-refractivity contribution in [3.8, 4) is 0 Å². The molecule has 0 spiro atoms. The number of thioether (sulfide) groups is 1. The summed E-state index contributed by atoms with van der Waals surface area (Å²) in [5.74, 6) is 3.38. The fraction of sp³-hybridized carbons (Fsp3) is 0.500. The Morgan fingerprint density at radius 1 is 1.21 bits per heavy atom. The minimum absolute atomic E-state index is 0.680. The number of benzene rings is 1. The molecule has 0 aliphatic carbocycles. The van der Waals surface area contributed by atoms with Crippen molar-refractivity contribution in [1.82, 2.24) is 0 Å². The average molecular weight is 207 g/mol. The molecular formula is C12H17NS. The first-order chi connectivity index (χ1) is 6.92. The number of nitrogens with two attached hydrogens (primary N) is 1. The summed E-state index contributed by atoms with van der Waals surface area (Å²) in [5, 5.41) is 0. The van der Waals surface area contributed by atoms with E-state index in [1.165, 1.54) is 35.5 Å². The second kappa shape index (κ2) is 4.85. The van der Waals surface area contributed by atoms with Crippen LogP contribution in [0.15, 0.2) is 24.3 Å². The molecule has 14 heavy (non-hydrogen) atoms. The summed E-state index contributed by atoms with van der Waals surface area (Å²) < 4.78 is 0. The molecule has 0 bridgehead atoms. The lowest BCUT2D eigenvalue weighted by molar-refractivity contribution is 0.630. The molecule has 2 N–H and O–H groups in total. The highest BCUT2D eigenvalue weighted by Gasteiger charge is 2.17. The zero-order chi connectivity index (χ0) is 9.80. The lowest BCUT2D eigenvalue weighted by atomic mass is 9.90. The Morgan fingerprint density at radius 2 is 1.93 bits per heavy atom. The zero-order valence-corrected chi connectivity index (χ0v) is 9.22. The van der Waals surface area contributed by atoms with Gasteiger partial charge in [-0.2, -0.15) is 11.8 Å². The van der Waals surface area contributed by atoms with E-state index in [4.69, 9.17) is 5.73 Å². The number of hydrogen-bond acceptors (Lipinski definition) is 2. The molecule has 1 aromatic rings. The van der Waals surface area contributed by atoms with Crippen molar-refractivity contribution in [2.75, 3.05) is 11.5 Å². The Hall–Kier alpha value is -0.470. The molecule has 1 aliphatic rings. The van der Waals surface area contributed by atoms with Crippen molar-refractivity contribution < 1.29 is 0 Å². The molecule has 0 atom stereocenters. The molecule has 1 aliphatic heterocycles. The molecule has 0 aromatic heterocycles. The minimum atomic E-state index is 0.680. The van der Waals surface area contributed by atoms with E-state index in [0.717, 1.165) is 5.92 Å². The van der Waals surface area contributed by atoms with Crippen LogP contribution in [0.25, 0.3) is 0 Å². The van der Waals surface area contributed by atoms with Gasteiger partial charge in [-0.3, -0.25) is 0 Å². The fourth-order valence-corrected chi connectivity index (χ4v) is 3.23. The molecule has 0 radical (unpaired) electrons. The van der Waals surface area contributed by atoms with Crippen LogP contribution in [-0.2, 0) is 6.54 Å². The number of hydrogen-bond donors (Lipinski definition) is 1. The van der Waals surface area contributed by atoms with Crippen LogP contribution in [0, 0.1) is 0 Å². The van der Waals surface area contributed by atoms with Crippen LogP contribution >= 0.6 is 11.8 Å². The highest BCUT2D eigenvalue weighted by Crippen LogP contribution is 2.33. The molecule has 76 valence electrons. The van der Waals surface area contributed by atoms with Gasteiger partial charge in [-0.05, 0) is 41.4 Å². The first-order valence-corrected chi connectivity index (χ1v) is 6.43. The molecule has 1 heterocycles. The maximum Gasteiger partial charge on any atom is 0.0180 e. The first-order valence-electron chi connectivity index (χ1n) is 5.27. The summed E-state index contributed by atoms with van der Waals surface area (Å²) in [4.78, 5) is 0. The van der Waals surface area contributed by atoms with E-state index in [2.05, 4.69) is 36.0 Å². The molecule has 0 amide bonds. The second-order valence-electron chi connectivity index (χ2n) is 3.79. The molecule has 0 saturated carbocycles. The van der Waals surface area contributed by atoms with E-state index in [1.807, 2.05) is 0 Å². The molecule has 1 fully saturated rings. The van der Waals surface area contributed by atoms with Crippen molar-refractivity contribution in [1.29, 1.82) is 0 Å². The SMILES string of the molecule is NCc1ccccc1C1CCSCC1. The van der Waals surface area contributed by atoms with Gasteiger partial charge in [-0.1, -0.05) is 24.3 Å². The predicted molar refractivity (Wildman–Crippen MR) is 63.6 cm³/mol. The van der Waals surface area contributed by atoms with E-state index >= 15 is 0 Å². The molecule has 0 unspecified atom stereocenters. The topological polar surface area (TPSA) is 26.0 Å². The quantitative estimate of drug-likeness (QED) is 0.807. The van der Waals surface area contributed by atoms with Crippen LogP contribution in [-0.4, -0.2) is 11.5 Å². The van der Waals surface area contributed by atoms with Crippen molar-refractivity contribution >= 4 is 11.8 Å². The third-order valence-corrected chi connectivity index (χ3v) is 3.98. The van der Waals surface area contributed by atoms with Crippen LogP contribution < -0.4 is 5.73 Å². The lowest BCUT2D eigenvalue weighted by Crippen LogP contribution is -2.11. The minimum Gasteiger partial charge on any atom is -0.326 e. The average Bonchev–Trinajstić information content (AvgIpc) is 2.30. The summed E-state index contributed by atoms with van der Waals surface area (Å²) in [6.45, 7) is 0.680. The predicted octanol–water partition coefficient (Wildman–Crippen LogP) is 2.76. The van der Waals surface area contributed by atoms with Gasteiger partial charge < -0.3 is 5.73 Å². The van der Waals surface area contributed by atoms with Gasteiger partial charge in [-0.15, -0.1) is 0 Å². The highest BCUT2D eigenvalue weighted by molar-refractivity contribution is 7.99. The van der Waals surface area contributed by atoms with Gasteiger partial charge >= 0.3 is 0 Å². The molecular weight excluding hydrogens is 190 g/mol. The largest absolute Gasteiger partial charge is 0.326 e. The fourth-order valence-electron chi connectivity index (χ4n) is 2.13. The van der Waals surface area contributed by atoms with Crippen LogP contribution in [0.5, 0.6) is 0 Å². The monoisotopic (exact) mass is 207 g/mol. The van der Waals surface area contributed by atoms with Crippen molar-refractivity contribution in [2.45, 2.75) is 25.3 Å². The Labute approximate surface area is 90.1 Å². The van der Waals surface area contributed by atoms with E-state index < -0.39 is 0 Å². The van der Waals surface area contributed by atoms with Crippen molar-refractivity contribution in [3.63, 3.8) is 0 Å². The summed E-state index contributed by atoms with van der Waals surface area (Å²) in [6, 6.07) is 8.64. The number of rotatable bonds is 2. The van der Waals surface area contributed by atoms with E-state index in [1.54, 1.807) is 0 Å². The van der Waals surface area contributed by atoms with Gasteiger partial charge in [0.25, 0.3) is 0 Å². The summed E-state index contributed by atoms with van der Waals surface area (Å²) in [6.07, 6.45) is 2.64. The third-order valence-electron chi connectivity index (χ3n) is 2.94. The summed E-state index contributed by atoms with van der Waals surface area (Å²) >= 11 is 2.08. The van der Waals surface area contributed by atoms with E-state index in [-0.39, 0.29) is 0 Å². The van der Waals surface area contributed by atoms with Gasteiger partial charge in [-0.25, -0.2) is 0 Å². The Bertz CT molecular complexity index is 292. The molecule has 1 saturated heterocycles. The maximum atomic E-state index is 5.75. The van der Waals surface area contributed by atoms with Gasteiger partial charge in [0.15, 0.2) is 0 Å². The van der Waals surface area contributed by atoms with Crippen molar-refractivity contribution in [2.24, 2.45) is 5.73 Å². The van der Waals surface area contributed by atoms with Gasteiger partial charge in [0.05, 0.1) is 0 Å². The van der Waals surface area contributed by atoms with Crippen LogP contribution in [0.1, 0.15) is 29.9 Å². The van der Waals surface area contributed by atoms with Gasteiger partial charge in [0.2, 0.25) is 0 Å². The van der Waals surface area contributed by atoms with E-state index in [0.29, 0.717) is 6.54 Å². The van der Waals surface area contributed by atoms with E-state index in [9.17, 15) is 0 Å². The summed E-state index contributed by atoms with van der Waals surface area (Å²) in [5.41, 5.74) is 8.59. The second-order valence-corrected chi connectivity index (χ2v) is 5.01. The smallest absolute Gasteiger partial charge is 0.0180 e. The Morgan fingerprint density at radius 3 is 2.64 bits per heavy atom. The maximum absolute atomic E-state index is 5.75. The Balaban J connectivity index is 2.20. The van der Waals surface area contributed by atoms with Gasteiger partial charge in [0, 0.05) is 6.54 Å². The molecule has 2 heteroatoms. The molecule has 1 aromatic carbocycles. The highest BCUT2D eigenvalue weighted by atomic mass is 32.2. The first kappa shape index (κ1) is 10.1.